The number of carboxylic acid groups (broad SMARTS) is 2. The maximum absolute atomic E-state index is 10.6. The van der Waals surface area contributed by atoms with Crippen molar-refractivity contribution in [2.24, 2.45) is 5.92 Å². The van der Waals surface area contributed by atoms with Crippen LogP contribution in [0.2, 0.25) is 0 Å². The molecule has 35 heavy (non-hydrogen) atoms. The van der Waals surface area contributed by atoms with Gasteiger partial charge in [-0.15, -0.1) is 11.3 Å². The molecule has 2 saturated heterocycles. The Kier molecular flexibility index (Phi) is 12.3. The van der Waals surface area contributed by atoms with E-state index < -0.39 is 24.3 Å². The number of alkyl halides is 6. The van der Waals surface area contributed by atoms with Gasteiger partial charge in [-0.3, -0.25) is 9.80 Å². The van der Waals surface area contributed by atoms with Gasteiger partial charge in [-0.2, -0.15) is 26.3 Å². The number of ether oxygens (including phenoxy) is 1. The number of rotatable bonds is 4. The van der Waals surface area contributed by atoms with Crippen LogP contribution in [0.3, 0.4) is 0 Å². The van der Waals surface area contributed by atoms with E-state index >= 15 is 0 Å². The van der Waals surface area contributed by atoms with Crippen molar-refractivity contribution in [2.75, 3.05) is 45.9 Å². The molecule has 202 valence electrons. The van der Waals surface area contributed by atoms with Crippen LogP contribution in [0.25, 0.3) is 0 Å². The van der Waals surface area contributed by atoms with Gasteiger partial charge in [0.2, 0.25) is 0 Å². The van der Waals surface area contributed by atoms with Gasteiger partial charge in [-0.25, -0.2) is 14.6 Å². The summed E-state index contributed by atoms with van der Waals surface area (Å²) < 4.78 is 69.5. The number of aliphatic carboxylic acids is 2. The molecule has 0 bridgehead atoms. The molecule has 9 nitrogen and oxygen atoms in total. The number of aromatic nitrogens is 1. The van der Waals surface area contributed by atoms with Gasteiger partial charge in [0, 0.05) is 44.0 Å². The molecular formula is C19H27F6N3O6S. The van der Waals surface area contributed by atoms with Crippen molar-refractivity contribution in [2.45, 2.75) is 38.3 Å². The van der Waals surface area contributed by atoms with Crippen molar-refractivity contribution in [3.63, 3.8) is 0 Å². The number of thiazole rings is 1. The highest BCUT2D eigenvalue weighted by molar-refractivity contribution is 7.09. The maximum atomic E-state index is 10.6. The van der Waals surface area contributed by atoms with Crippen LogP contribution in [0.5, 0.6) is 0 Å². The Bertz CT molecular complexity index is 783. The second kappa shape index (κ2) is 13.9. The van der Waals surface area contributed by atoms with Crippen molar-refractivity contribution >= 4 is 23.3 Å². The maximum Gasteiger partial charge on any atom is 0.490 e. The van der Waals surface area contributed by atoms with Crippen LogP contribution in [0.4, 0.5) is 26.3 Å². The summed E-state index contributed by atoms with van der Waals surface area (Å²) in [6.45, 7) is 8.96. The highest BCUT2D eigenvalue weighted by Gasteiger charge is 2.39. The minimum absolute atomic E-state index is 0.243. The molecule has 1 aromatic heterocycles. The molecule has 0 amide bonds. The summed E-state index contributed by atoms with van der Waals surface area (Å²) >= 11 is 1.73. The third kappa shape index (κ3) is 12.0. The molecule has 0 radical (unpaired) electrons. The van der Waals surface area contributed by atoms with Gasteiger partial charge in [0.25, 0.3) is 0 Å². The lowest BCUT2D eigenvalue weighted by molar-refractivity contribution is -0.193. The van der Waals surface area contributed by atoms with E-state index in [1.165, 1.54) is 5.69 Å². The second-order valence-corrected chi connectivity index (χ2v) is 8.74. The Hall–Kier alpha value is -2.01. The molecular weight excluding hydrogens is 512 g/mol. The van der Waals surface area contributed by atoms with Crippen LogP contribution in [-0.2, 0) is 20.9 Å². The first-order valence-corrected chi connectivity index (χ1v) is 11.2. The van der Waals surface area contributed by atoms with Gasteiger partial charge < -0.3 is 20.1 Å². The summed E-state index contributed by atoms with van der Waals surface area (Å²) in [5.41, 5.74) is 1.19. The number of hydrogen-bond acceptors (Lipinski definition) is 8. The van der Waals surface area contributed by atoms with E-state index in [-0.39, 0.29) is 6.61 Å². The molecule has 0 saturated carbocycles. The van der Waals surface area contributed by atoms with E-state index in [1.807, 2.05) is 0 Å². The lowest BCUT2D eigenvalue weighted by Gasteiger charge is -2.37. The highest BCUT2D eigenvalue weighted by atomic mass is 32.1. The zero-order valence-electron chi connectivity index (χ0n) is 18.7. The largest absolute Gasteiger partial charge is 0.490 e. The number of piperidine rings is 1. The Morgan fingerprint density at radius 1 is 1.09 bits per heavy atom. The van der Waals surface area contributed by atoms with E-state index in [4.69, 9.17) is 29.6 Å². The average molecular weight is 539 g/mol. The summed E-state index contributed by atoms with van der Waals surface area (Å²) in [6, 6.07) is 0. The SMILES string of the molecule is Cc1nc(CN2CCO[C@@H]3CN(CCO)CC[C@@H]3C2)cs1.O=C(O)C(F)(F)F.O=C(O)C(F)(F)F. The average Bonchev–Trinajstić information content (AvgIpc) is 3.02. The molecule has 3 heterocycles. The monoisotopic (exact) mass is 539 g/mol. The van der Waals surface area contributed by atoms with Gasteiger partial charge in [0.15, 0.2) is 0 Å². The zero-order valence-corrected chi connectivity index (χ0v) is 19.5. The number of hydrogen-bond donors (Lipinski definition) is 3. The molecule has 2 aliphatic heterocycles. The van der Waals surface area contributed by atoms with Crippen LogP contribution >= 0.6 is 11.3 Å². The fourth-order valence-corrected chi connectivity index (χ4v) is 3.98. The summed E-state index contributed by atoms with van der Waals surface area (Å²) in [6.07, 6.45) is -8.68. The molecule has 3 rings (SSSR count). The van der Waals surface area contributed by atoms with Crippen molar-refractivity contribution in [3.8, 4) is 0 Å². The molecule has 2 aliphatic rings. The van der Waals surface area contributed by atoms with E-state index in [0.717, 1.165) is 57.3 Å². The minimum atomic E-state index is -5.08. The Morgan fingerprint density at radius 3 is 2.11 bits per heavy atom. The van der Waals surface area contributed by atoms with E-state index in [2.05, 4.69) is 27.1 Å². The molecule has 16 heteroatoms. The van der Waals surface area contributed by atoms with Crippen molar-refractivity contribution in [1.29, 1.82) is 0 Å². The Morgan fingerprint density at radius 2 is 1.66 bits per heavy atom. The first-order valence-electron chi connectivity index (χ1n) is 10.3. The van der Waals surface area contributed by atoms with E-state index in [0.29, 0.717) is 12.0 Å². The molecule has 0 aliphatic carbocycles. The molecule has 0 unspecified atom stereocenters. The molecule has 2 fully saturated rings. The van der Waals surface area contributed by atoms with Gasteiger partial charge in [0.05, 0.1) is 30.0 Å². The zero-order chi connectivity index (χ0) is 26.8. The number of carboxylic acids is 2. The van der Waals surface area contributed by atoms with Crippen LogP contribution in [0.1, 0.15) is 17.1 Å². The highest BCUT2D eigenvalue weighted by Crippen LogP contribution is 2.25. The van der Waals surface area contributed by atoms with Gasteiger partial charge in [-0.1, -0.05) is 0 Å². The van der Waals surface area contributed by atoms with Crippen LogP contribution in [0, 0.1) is 12.8 Å². The lowest BCUT2D eigenvalue weighted by atomic mass is 9.93. The first-order chi connectivity index (χ1) is 16.1. The van der Waals surface area contributed by atoms with Gasteiger partial charge in [-0.05, 0) is 19.9 Å². The molecule has 0 aromatic carbocycles. The predicted octanol–water partition coefficient (Wildman–Crippen LogP) is 2.23. The fraction of sp³-hybridized carbons (Fsp3) is 0.737. The minimum Gasteiger partial charge on any atom is -0.475 e. The first kappa shape index (κ1) is 31.0. The Balaban J connectivity index is 0.000000362. The van der Waals surface area contributed by atoms with Gasteiger partial charge >= 0.3 is 24.3 Å². The summed E-state index contributed by atoms with van der Waals surface area (Å²) in [4.78, 5) is 27.2. The molecule has 0 spiro atoms. The number of aryl methyl sites for hydroxylation is 1. The quantitative estimate of drug-likeness (QED) is 0.495. The smallest absolute Gasteiger partial charge is 0.475 e. The number of fused-ring (bicyclic) bond motifs is 1. The Labute approximate surface area is 200 Å². The number of β-amino-alcohol motifs (C(OH)–C–C–N with tert-alkyl or cyclic N) is 1. The second-order valence-electron chi connectivity index (χ2n) is 7.68. The van der Waals surface area contributed by atoms with Crippen molar-refractivity contribution in [1.82, 2.24) is 14.8 Å². The van der Waals surface area contributed by atoms with Crippen LogP contribution in [-0.4, -0.2) is 106 Å². The topological polar surface area (TPSA) is 123 Å². The third-order valence-electron chi connectivity index (χ3n) is 4.97. The number of likely N-dealkylation sites (tertiary alicyclic amines) is 1. The number of aliphatic hydroxyl groups is 1. The summed E-state index contributed by atoms with van der Waals surface area (Å²) in [5.74, 6) is -4.90. The fourth-order valence-electron chi connectivity index (χ4n) is 3.38. The molecule has 3 N–H and O–H groups in total. The molecule has 2 atom stereocenters. The van der Waals surface area contributed by atoms with Crippen LogP contribution in [0.15, 0.2) is 5.38 Å². The normalized spacial score (nSPS) is 21.5. The number of halogens is 6. The van der Waals surface area contributed by atoms with Crippen LogP contribution < -0.4 is 0 Å². The predicted molar refractivity (Wildman–Crippen MR) is 111 cm³/mol. The molecule has 1 aromatic rings. The van der Waals surface area contributed by atoms with E-state index in [1.54, 1.807) is 11.3 Å². The summed E-state index contributed by atoms with van der Waals surface area (Å²) in [5, 5.41) is 26.6. The number of nitrogens with zero attached hydrogens (tertiary/aromatic N) is 3. The number of aliphatic hydroxyl groups excluding tert-OH is 1. The number of carbonyl (C=O) groups is 2. The summed E-state index contributed by atoms with van der Waals surface area (Å²) in [7, 11) is 0. The standard InChI is InChI=1S/C15H25N3O2S.2C2HF3O2/c1-12-16-14(11-21-12)9-18-5-7-20-15-10-17(4-6-19)3-2-13(15)8-18;2*3-2(4,5)1(6)7/h11,13,15,19H,2-10H2,1H3;2*(H,6,7)/t13-,15-;;/m1../s1. The van der Waals surface area contributed by atoms with Crippen molar-refractivity contribution in [3.05, 3.63) is 16.1 Å². The third-order valence-corrected chi connectivity index (χ3v) is 5.79. The van der Waals surface area contributed by atoms with Gasteiger partial charge in [0.1, 0.15) is 0 Å². The van der Waals surface area contributed by atoms with E-state index in [9.17, 15) is 26.3 Å². The van der Waals surface area contributed by atoms with Crippen molar-refractivity contribution < 1.29 is 56.0 Å². The lowest BCUT2D eigenvalue weighted by Crippen LogP contribution is -2.47.